The number of ketones is 1. The molecule has 0 aliphatic carbocycles. The van der Waals surface area contributed by atoms with Gasteiger partial charge in [-0.3, -0.25) is 4.79 Å². The molecule has 0 aliphatic rings. The van der Waals surface area contributed by atoms with Crippen LogP contribution in [0, 0.1) is 6.92 Å². The van der Waals surface area contributed by atoms with Crippen molar-refractivity contribution in [2.75, 3.05) is 27.1 Å². The molecule has 0 unspecified atom stereocenters. The fourth-order valence-electron chi connectivity index (χ4n) is 1.86. The number of aromatic nitrogens is 2. The highest BCUT2D eigenvalue weighted by Gasteiger charge is 2.21. The summed E-state index contributed by atoms with van der Waals surface area (Å²) in [6.07, 6.45) is 0. The van der Waals surface area contributed by atoms with Gasteiger partial charge in [0.25, 0.3) is 0 Å². The minimum Gasteiger partial charge on any atom is -0.493 e. The molecule has 0 N–H and O–H groups in total. The van der Waals surface area contributed by atoms with Gasteiger partial charge in [0.2, 0.25) is 5.75 Å². The number of carbonyl (C=O) groups excluding carboxylic acids is 1. The first-order valence-corrected chi connectivity index (χ1v) is 8.16. The molecule has 0 saturated heterocycles. The number of aryl methyl sites for hydroxylation is 1. The molecule has 118 valence electrons. The van der Waals surface area contributed by atoms with E-state index in [0.29, 0.717) is 22.8 Å². The molecular formula is C14H16N2O4S2. The van der Waals surface area contributed by atoms with Crippen molar-refractivity contribution in [2.24, 2.45) is 0 Å². The molecule has 1 aromatic carbocycles. The van der Waals surface area contributed by atoms with Crippen LogP contribution in [0.1, 0.15) is 15.4 Å². The summed E-state index contributed by atoms with van der Waals surface area (Å²) in [5.74, 6) is 1.48. The molecule has 8 heteroatoms. The maximum Gasteiger partial charge on any atom is 0.204 e. The second-order valence-electron chi connectivity index (χ2n) is 4.18. The molecule has 2 aromatic rings. The zero-order chi connectivity index (χ0) is 16.1. The van der Waals surface area contributed by atoms with Crippen molar-refractivity contribution in [3.63, 3.8) is 0 Å². The summed E-state index contributed by atoms with van der Waals surface area (Å²) >= 11 is 2.82. The predicted octanol–water partition coefficient (Wildman–Crippen LogP) is 2.85. The number of ether oxygens (including phenoxy) is 3. The van der Waals surface area contributed by atoms with Gasteiger partial charge >= 0.3 is 0 Å². The molecule has 1 heterocycles. The van der Waals surface area contributed by atoms with Crippen LogP contribution in [0.4, 0.5) is 0 Å². The Labute approximate surface area is 136 Å². The molecule has 0 aliphatic heterocycles. The van der Waals surface area contributed by atoms with E-state index in [-0.39, 0.29) is 11.5 Å². The summed E-state index contributed by atoms with van der Waals surface area (Å²) in [6, 6.07) is 3.36. The van der Waals surface area contributed by atoms with E-state index in [9.17, 15) is 4.79 Å². The monoisotopic (exact) mass is 340 g/mol. The van der Waals surface area contributed by atoms with Gasteiger partial charge in [-0.05, 0) is 19.1 Å². The van der Waals surface area contributed by atoms with Crippen LogP contribution in [0.3, 0.4) is 0 Å². The quantitative estimate of drug-likeness (QED) is 0.567. The number of rotatable bonds is 7. The van der Waals surface area contributed by atoms with Gasteiger partial charge in [0.05, 0.1) is 32.6 Å². The zero-order valence-electron chi connectivity index (χ0n) is 12.7. The Morgan fingerprint density at radius 2 is 1.86 bits per heavy atom. The number of hydrogen-bond donors (Lipinski definition) is 0. The molecule has 22 heavy (non-hydrogen) atoms. The van der Waals surface area contributed by atoms with Gasteiger partial charge in [0, 0.05) is 0 Å². The summed E-state index contributed by atoms with van der Waals surface area (Å²) in [5.41, 5.74) is 0.453. The van der Waals surface area contributed by atoms with Gasteiger partial charge in [0.1, 0.15) is 5.01 Å². The highest BCUT2D eigenvalue weighted by molar-refractivity contribution is 8.01. The van der Waals surface area contributed by atoms with Crippen molar-refractivity contribution >= 4 is 28.9 Å². The molecule has 0 amide bonds. The van der Waals surface area contributed by atoms with E-state index in [0.717, 1.165) is 9.35 Å². The van der Waals surface area contributed by atoms with Gasteiger partial charge in [-0.2, -0.15) is 0 Å². The van der Waals surface area contributed by atoms with Crippen molar-refractivity contribution in [3.8, 4) is 17.2 Å². The largest absolute Gasteiger partial charge is 0.493 e. The van der Waals surface area contributed by atoms with E-state index >= 15 is 0 Å². The first-order chi connectivity index (χ1) is 10.6. The number of carbonyl (C=O) groups is 1. The molecule has 0 atom stereocenters. The Morgan fingerprint density at radius 3 is 2.41 bits per heavy atom. The molecular weight excluding hydrogens is 324 g/mol. The molecule has 2 rings (SSSR count). The lowest BCUT2D eigenvalue weighted by molar-refractivity contribution is 0.101. The summed E-state index contributed by atoms with van der Waals surface area (Å²) in [4.78, 5) is 12.4. The first-order valence-electron chi connectivity index (χ1n) is 6.35. The van der Waals surface area contributed by atoms with Crippen LogP contribution < -0.4 is 14.2 Å². The maximum atomic E-state index is 12.4. The third-order valence-corrected chi connectivity index (χ3v) is 4.81. The lowest BCUT2D eigenvalue weighted by atomic mass is 10.1. The molecule has 0 spiro atoms. The smallest absolute Gasteiger partial charge is 0.204 e. The van der Waals surface area contributed by atoms with E-state index in [1.807, 2.05) is 6.92 Å². The second-order valence-corrected chi connectivity index (χ2v) is 6.58. The third kappa shape index (κ3) is 3.50. The summed E-state index contributed by atoms with van der Waals surface area (Å²) in [6.45, 7) is 1.88. The van der Waals surface area contributed by atoms with Crippen LogP contribution in [0.25, 0.3) is 0 Å². The molecule has 0 saturated carbocycles. The standard InChI is InChI=1S/C14H16N2O4S2/c1-8-15-16-14(22-8)21-7-10(17)9-5-6-11(18-2)13(20-4)12(9)19-3/h5-6H,7H2,1-4H3. The van der Waals surface area contributed by atoms with Crippen molar-refractivity contribution in [1.82, 2.24) is 10.2 Å². The second kappa shape index (κ2) is 7.46. The van der Waals surface area contributed by atoms with E-state index in [2.05, 4.69) is 10.2 Å². The van der Waals surface area contributed by atoms with E-state index in [1.165, 1.54) is 44.4 Å². The zero-order valence-corrected chi connectivity index (χ0v) is 14.3. The van der Waals surface area contributed by atoms with Crippen LogP contribution in [-0.4, -0.2) is 43.1 Å². The molecule has 6 nitrogen and oxygen atoms in total. The Morgan fingerprint density at radius 1 is 1.14 bits per heavy atom. The summed E-state index contributed by atoms with van der Waals surface area (Å²) in [7, 11) is 4.54. The van der Waals surface area contributed by atoms with E-state index in [1.54, 1.807) is 12.1 Å². The number of thioether (sulfide) groups is 1. The van der Waals surface area contributed by atoms with Gasteiger partial charge < -0.3 is 14.2 Å². The van der Waals surface area contributed by atoms with Gasteiger partial charge in [0.15, 0.2) is 21.6 Å². The average molecular weight is 340 g/mol. The molecule has 1 aromatic heterocycles. The normalized spacial score (nSPS) is 10.4. The molecule has 0 fully saturated rings. The first kappa shape index (κ1) is 16.6. The highest BCUT2D eigenvalue weighted by Crippen LogP contribution is 2.40. The van der Waals surface area contributed by atoms with Crippen LogP contribution in [0.15, 0.2) is 16.5 Å². The van der Waals surface area contributed by atoms with Gasteiger partial charge in [-0.25, -0.2) is 0 Å². The Balaban J connectivity index is 2.21. The van der Waals surface area contributed by atoms with Crippen LogP contribution >= 0.6 is 23.1 Å². The van der Waals surface area contributed by atoms with Crippen molar-refractivity contribution in [2.45, 2.75) is 11.3 Å². The molecule has 0 radical (unpaired) electrons. The SMILES string of the molecule is COc1ccc(C(=O)CSc2nnc(C)s2)c(OC)c1OC. The van der Waals surface area contributed by atoms with Crippen LogP contribution in [0.5, 0.6) is 17.2 Å². The van der Waals surface area contributed by atoms with Gasteiger partial charge in [-0.1, -0.05) is 23.1 Å². The van der Waals surface area contributed by atoms with Crippen molar-refractivity contribution in [3.05, 3.63) is 22.7 Å². The Hall–Kier alpha value is -1.80. The minimum absolute atomic E-state index is 0.0735. The number of hydrogen-bond acceptors (Lipinski definition) is 8. The third-order valence-electron chi connectivity index (χ3n) is 2.84. The number of benzene rings is 1. The van der Waals surface area contributed by atoms with Crippen LogP contribution in [0.2, 0.25) is 0 Å². The van der Waals surface area contributed by atoms with Crippen molar-refractivity contribution < 1.29 is 19.0 Å². The predicted molar refractivity (Wildman–Crippen MR) is 85.8 cm³/mol. The number of methoxy groups -OCH3 is 3. The van der Waals surface area contributed by atoms with Crippen molar-refractivity contribution in [1.29, 1.82) is 0 Å². The van der Waals surface area contributed by atoms with E-state index < -0.39 is 0 Å². The highest BCUT2D eigenvalue weighted by atomic mass is 32.2. The maximum absolute atomic E-state index is 12.4. The van der Waals surface area contributed by atoms with Gasteiger partial charge in [-0.15, -0.1) is 10.2 Å². The summed E-state index contributed by atoms with van der Waals surface area (Å²) in [5, 5.41) is 8.79. The minimum atomic E-state index is -0.0735. The summed E-state index contributed by atoms with van der Waals surface area (Å²) < 4.78 is 16.6. The number of Topliss-reactive ketones (excluding diaryl/α,β-unsaturated/α-hetero) is 1. The average Bonchev–Trinajstić information content (AvgIpc) is 2.96. The topological polar surface area (TPSA) is 70.5 Å². The Kier molecular flexibility index (Phi) is 5.62. The van der Waals surface area contributed by atoms with Crippen LogP contribution in [-0.2, 0) is 0 Å². The fourth-order valence-corrected chi connectivity index (χ4v) is 3.56. The van der Waals surface area contributed by atoms with E-state index in [4.69, 9.17) is 14.2 Å². The molecule has 0 bridgehead atoms. The number of nitrogens with zero attached hydrogens (tertiary/aromatic N) is 2. The lowest BCUT2D eigenvalue weighted by Crippen LogP contribution is -2.07. The lowest BCUT2D eigenvalue weighted by Gasteiger charge is -2.14. The fraction of sp³-hybridized carbons (Fsp3) is 0.357. The Bertz CT molecular complexity index is 673.